The Balaban J connectivity index is 1.55. The van der Waals surface area contributed by atoms with Crippen LogP contribution >= 0.6 is 0 Å². The van der Waals surface area contributed by atoms with Gasteiger partial charge in [-0.05, 0) is 38.0 Å². The van der Waals surface area contributed by atoms with Gasteiger partial charge in [0.05, 0.1) is 6.61 Å². The lowest BCUT2D eigenvalue weighted by Crippen LogP contribution is -2.46. The lowest BCUT2D eigenvalue weighted by Gasteiger charge is -2.32. The van der Waals surface area contributed by atoms with Gasteiger partial charge in [-0.15, -0.1) is 0 Å². The van der Waals surface area contributed by atoms with Gasteiger partial charge in [0.15, 0.2) is 11.5 Å². The third kappa shape index (κ3) is 3.49. The Morgan fingerprint density at radius 2 is 2.00 bits per heavy atom. The molecule has 0 atom stereocenters. The van der Waals surface area contributed by atoms with Crippen molar-refractivity contribution in [3.63, 3.8) is 0 Å². The van der Waals surface area contributed by atoms with Crippen LogP contribution in [0.3, 0.4) is 0 Å². The van der Waals surface area contributed by atoms with Crippen LogP contribution in [-0.4, -0.2) is 49.4 Å². The van der Waals surface area contributed by atoms with Crippen molar-refractivity contribution < 1.29 is 23.8 Å². The molecule has 0 aromatic heterocycles. The molecule has 1 N–H and O–H groups in total. The fraction of sp³-hybridized carbons (Fsp3) is 0.500. The molecular weight excluding hydrogens is 300 g/mol. The largest absolute Gasteiger partial charge is 0.454 e. The molecule has 1 fully saturated rings. The van der Waals surface area contributed by atoms with E-state index in [0.717, 1.165) is 12.8 Å². The minimum Gasteiger partial charge on any atom is -0.454 e. The van der Waals surface area contributed by atoms with E-state index in [1.54, 1.807) is 30.0 Å². The number of benzene rings is 1. The van der Waals surface area contributed by atoms with Crippen molar-refractivity contribution in [3.05, 3.63) is 23.8 Å². The highest BCUT2D eigenvalue weighted by Gasteiger charge is 2.26. The van der Waals surface area contributed by atoms with Crippen molar-refractivity contribution >= 4 is 12.0 Å². The monoisotopic (exact) mass is 320 g/mol. The maximum absolute atomic E-state index is 12.5. The van der Waals surface area contributed by atoms with Gasteiger partial charge in [-0.25, -0.2) is 4.79 Å². The molecule has 7 heteroatoms. The first kappa shape index (κ1) is 15.5. The third-order valence-electron chi connectivity index (χ3n) is 4.00. The summed E-state index contributed by atoms with van der Waals surface area (Å²) < 4.78 is 15.4. The van der Waals surface area contributed by atoms with Gasteiger partial charge in [0.1, 0.15) is 0 Å². The number of nitrogens with one attached hydrogen (secondary N) is 1. The Hall–Kier alpha value is -2.44. The van der Waals surface area contributed by atoms with Gasteiger partial charge in [-0.1, -0.05) is 0 Å². The van der Waals surface area contributed by atoms with Crippen molar-refractivity contribution in [2.75, 3.05) is 26.5 Å². The molecule has 23 heavy (non-hydrogen) atoms. The summed E-state index contributed by atoms with van der Waals surface area (Å²) in [6.07, 6.45) is 1.04. The minimum atomic E-state index is -0.395. The number of carbonyl (C=O) groups excluding carboxylic acids is 2. The predicted octanol–water partition coefficient (Wildman–Crippen LogP) is 1.77. The van der Waals surface area contributed by atoms with Crippen LogP contribution in [0.2, 0.25) is 0 Å². The molecule has 2 aliphatic rings. The molecule has 2 amide bonds. The second kappa shape index (κ2) is 6.76. The summed E-state index contributed by atoms with van der Waals surface area (Å²) in [6, 6.07) is 5.27. The highest BCUT2D eigenvalue weighted by atomic mass is 16.7. The zero-order chi connectivity index (χ0) is 16.2. The quantitative estimate of drug-likeness (QED) is 0.918. The molecule has 1 aromatic rings. The Morgan fingerprint density at radius 3 is 2.74 bits per heavy atom. The van der Waals surface area contributed by atoms with Gasteiger partial charge in [0.25, 0.3) is 5.91 Å². The summed E-state index contributed by atoms with van der Waals surface area (Å²) in [5.41, 5.74) is 0.589. The number of carbonyl (C=O) groups is 2. The number of piperidine rings is 1. The van der Waals surface area contributed by atoms with Gasteiger partial charge in [-0.3, -0.25) is 4.79 Å². The molecular formula is C16H20N2O5. The normalized spacial score (nSPS) is 17.0. The summed E-state index contributed by atoms with van der Waals surface area (Å²) in [6.45, 7) is 3.52. The number of hydrogen-bond acceptors (Lipinski definition) is 5. The maximum atomic E-state index is 12.5. The summed E-state index contributed by atoms with van der Waals surface area (Å²) in [5, 5.41) is 2.82. The van der Waals surface area contributed by atoms with Crippen molar-refractivity contribution in [2.45, 2.75) is 25.8 Å². The van der Waals surface area contributed by atoms with Crippen LogP contribution in [0.25, 0.3) is 0 Å². The second-order valence-corrected chi connectivity index (χ2v) is 5.50. The van der Waals surface area contributed by atoms with Gasteiger partial charge < -0.3 is 24.4 Å². The van der Waals surface area contributed by atoms with Crippen molar-refractivity contribution in [1.29, 1.82) is 0 Å². The van der Waals surface area contributed by atoms with Crippen molar-refractivity contribution in [3.8, 4) is 11.5 Å². The highest BCUT2D eigenvalue weighted by molar-refractivity contribution is 5.95. The second-order valence-electron chi connectivity index (χ2n) is 5.50. The van der Waals surface area contributed by atoms with E-state index >= 15 is 0 Å². The Labute approximate surface area is 134 Å². The summed E-state index contributed by atoms with van der Waals surface area (Å²) in [4.78, 5) is 25.8. The van der Waals surface area contributed by atoms with Crippen LogP contribution in [0.1, 0.15) is 30.1 Å². The zero-order valence-electron chi connectivity index (χ0n) is 13.0. The predicted molar refractivity (Wildman–Crippen MR) is 81.6 cm³/mol. The van der Waals surface area contributed by atoms with E-state index in [0.29, 0.717) is 36.8 Å². The molecule has 0 saturated carbocycles. The fourth-order valence-corrected chi connectivity index (χ4v) is 2.78. The zero-order valence-corrected chi connectivity index (χ0v) is 13.0. The van der Waals surface area contributed by atoms with Gasteiger partial charge in [0.2, 0.25) is 6.79 Å². The SMILES string of the molecule is CCOC(=O)NC1CCN(C(=O)c2ccc3c(c2)OCO3)CC1. The number of hydrogen-bond donors (Lipinski definition) is 1. The molecule has 2 heterocycles. The molecule has 0 aliphatic carbocycles. The molecule has 124 valence electrons. The first-order valence-electron chi connectivity index (χ1n) is 7.79. The Bertz CT molecular complexity index is 596. The average Bonchev–Trinajstić information content (AvgIpc) is 3.02. The lowest BCUT2D eigenvalue weighted by atomic mass is 10.0. The van der Waals surface area contributed by atoms with Crippen molar-refractivity contribution in [1.82, 2.24) is 10.2 Å². The molecule has 7 nitrogen and oxygen atoms in total. The Morgan fingerprint density at radius 1 is 1.26 bits per heavy atom. The van der Waals surface area contributed by atoms with E-state index in [1.807, 2.05) is 0 Å². The molecule has 2 aliphatic heterocycles. The topological polar surface area (TPSA) is 77.1 Å². The molecule has 0 unspecified atom stereocenters. The van der Waals surface area contributed by atoms with Gasteiger partial charge in [0, 0.05) is 24.7 Å². The fourth-order valence-electron chi connectivity index (χ4n) is 2.78. The van der Waals surface area contributed by atoms with E-state index in [-0.39, 0.29) is 18.7 Å². The van der Waals surface area contributed by atoms with E-state index < -0.39 is 6.09 Å². The van der Waals surface area contributed by atoms with E-state index in [1.165, 1.54) is 0 Å². The van der Waals surface area contributed by atoms with E-state index in [9.17, 15) is 9.59 Å². The summed E-state index contributed by atoms with van der Waals surface area (Å²) in [5.74, 6) is 1.24. The van der Waals surface area contributed by atoms with Crippen LogP contribution in [0.5, 0.6) is 11.5 Å². The van der Waals surface area contributed by atoms with Crippen LogP contribution in [0, 0.1) is 0 Å². The van der Waals surface area contributed by atoms with Crippen LogP contribution in [-0.2, 0) is 4.74 Å². The van der Waals surface area contributed by atoms with Crippen LogP contribution < -0.4 is 14.8 Å². The molecule has 0 spiro atoms. The average molecular weight is 320 g/mol. The number of ether oxygens (including phenoxy) is 3. The first-order valence-corrected chi connectivity index (χ1v) is 7.79. The standard InChI is InChI=1S/C16H20N2O5/c1-2-21-16(20)17-12-5-7-18(8-6-12)15(19)11-3-4-13-14(9-11)23-10-22-13/h3-4,9,12H,2,5-8,10H2,1H3,(H,17,20). The number of alkyl carbamates (subject to hydrolysis) is 1. The minimum absolute atomic E-state index is 0.0297. The Kier molecular flexibility index (Phi) is 4.55. The van der Waals surface area contributed by atoms with Crippen LogP contribution in [0.4, 0.5) is 4.79 Å². The smallest absolute Gasteiger partial charge is 0.407 e. The first-order chi connectivity index (χ1) is 11.2. The number of likely N-dealkylation sites (tertiary alicyclic amines) is 1. The molecule has 0 radical (unpaired) electrons. The number of nitrogens with zero attached hydrogens (tertiary/aromatic N) is 1. The number of rotatable bonds is 3. The number of fused-ring (bicyclic) bond motifs is 1. The van der Waals surface area contributed by atoms with Crippen molar-refractivity contribution in [2.24, 2.45) is 0 Å². The van der Waals surface area contributed by atoms with E-state index in [4.69, 9.17) is 14.2 Å². The van der Waals surface area contributed by atoms with E-state index in [2.05, 4.69) is 5.32 Å². The summed E-state index contributed by atoms with van der Waals surface area (Å²) in [7, 11) is 0. The maximum Gasteiger partial charge on any atom is 0.407 e. The van der Waals surface area contributed by atoms with Gasteiger partial charge in [-0.2, -0.15) is 0 Å². The summed E-state index contributed by atoms with van der Waals surface area (Å²) >= 11 is 0. The molecule has 3 rings (SSSR count). The molecule has 1 saturated heterocycles. The van der Waals surface area contributed by atoms with Crippen LogP contribution in [0.15, 0.2) is 18.2 Å². The highest BCUT2D eigenvalue weighted by Crippen LogP contribution is 2.33. The molecule has 1 aromatic carbocycles. The lowest BCUT2D eigenvalue weighted by molar-refractivity contribution is 0.0702. The molecule has 0 bridgehead atoms. The number of amides is 2. The van der Waals surface area contributed by atoms with Gasteiger partial charge >= 0.3 is 6.09 Å². The third-order valence-corrected chi connectivity index (χ3v) is 4.00.